The molecule has 1 aliphatic rings. The molecule has 42 heavy (non-hydrogen) atoms. The molecule has 0 amide bonds. The zero-order valence-electron chi connectivity index (χ0n) is 23.2. The van der Waals surface area contributed by atoms with Crippen molar-refractivity contribution in [2.24, 2.45) is 0 Å². The van der Waals surface area contributed by atoms with Crippen molar-refractivity contribution in [1.82, 2.24) is 8.80 Å². The maximum atomic E-state index is 6.44. The van der Waals surface area contributed by atoms with Crippen LogP contribution >= 0.6 is 11.6 Å². The van der Waals surface area contributed by atoms with Gasteiger partial charge in [-0.2, -0.15) is 0 Å². The predicted molar refractivity (Wildman–Crippen MR) is 178 cm³/mol. The molecular weight excluding hydrogens is 532 g/mol. The highest BCUT2D eigenvalue weighted by atomic mass is 35.5. The normalized spacial score (nSPS) is 14.3. The maximum absolute atomic E-state index is 6.44. The van der Waals surface area contributed by atoms with E-state index in [2.05, 4.69) is 132 Å². The minimum Gasteiger partial charge on any atom is -0.305 e. The van der Waals surface area contributed by atoms with Gasteiger partial charge >= 0.3 is 0 Å². The molecular formula is C39H25ClN2. The molecule has 0 atom stereocenters. The molecule has 9 aromatic rings. The summed E-state index contributed by atoms with van der Waals surface area (Å²) in [4.78, 5) is 0. The minimum absolute atomic E-state index is 0.0792. The molecule has 0 radical (unpaired) electrons. The molecule has 0 bridgehead atoms. The average molecular weight is 557 g/mol. The Labute approximate surface area is 247 Å². The molecule has 6 aromatic carbocycles. The Morgan fingerprint density at radius 1 is 0.476 bits per heavy atom. The van der Waals surface area contributed by atoms with Crippen molar-refractivity contribution < 1.29 is 0 Å². The summed E-state index contributed by atoms with van der Waals surface area (Å²) < 4.78 is 4.98. The monoisotopic (exact) mass is 556 g/mol. The van der Waals surface area contributed by atoms with E-state index in [9.17, 15) is 0 Å². The van der Waals surface area contributed by atoms with Crippen LogP contribution in [0.3, 0.4) is 0 Å². The van der Waals surface area contributed by atoms with Gasteiger partial charge in [-0.25, -0.2) is 0 Å². The maximum Gasteiger partial charge on any atom is 0.0789 e. The van der Waals surface area contributed by atoms with Crippen LogP contribution in [0.4, 0.5) is 0 Å². The van der Waals surface area contributed by atoms with Crippen LogP contribution < -0.4 is 0 Å². The summed E-state index contributed by atoms with van der Waals surface area (Å²) in [6.45, 7) is 4.60. The number of aromatic nitrogens is 2. The number of hydrogen-bond acceptors (Lipinski definition) is 0. The Morgan fingerprint density at radius 2 is 1.10 bits per heavy atom. The van der Waals surface area contributed by atoms with E-state index in [1.54, 1.807) is 0 Å². The van der Waals surface area contributed by atoms with E-state index in [4.69, 9.17) is 11.6 Å². The van der Waals surface area contributed by atoms with E-state index in [0.717, 1.165) is 5.02 Å². The number of fused-ring (bicyclic) bond motifs is 12. The van der Waals surface area contributed by atoms with Gasteiger partial charge in [0.25, 0.3) is 0 Å². The van der Waals surface area contributed by atoms with E-state index in [1.165, 1.54) is 88.0 Å². The molecule has 0 spiro atoms. The summed E-state index contributed by atoms with van der Waals surface area (Å²) in [7, 11) is 0. The van der Waals surface area contributed by atoms with Crippen LogP contribution in [0.15, 0.2) is 115 Å². The van der Waals surface area contributed by atoms with Gasteiger partial charge in [-0.15, -0.1) is 0 Å². The van der Waals surface area contributed by atoms with Crippen molar-refractivity contribution in [3.63, 3.8) is 0 Å². The molecule has 0 saturated carbocycles. The number of para-hydroxylation sites is 2. The Bertz CT molecular complexity index is 2610. The molecule has 2 nitrogen and oxygen atoms in total. The third-order valence-corrected chi connectivity index (χ3v) is 10.1. The topological polar surface area (TPSA) is 8.82 Å². The van der Waals surface area contributed by atoms with Gasteiger partial charge in [0.1, 0.15) is 0 Å². The van der Waals surface area contributed by atoms with E-state index < -0.39 is 0 Å². The smallest absolute Gasteiger partial charge is 0.0789 e. The Kier molecular flexibility index (Phi) is 4.10. The van der Waals surface area contributed by atoms with Crippen molar-refractivity contribution in [3.8, 4) is 22.3 Å². The fourth-order valence-electron chi connectivity index (χ4n) is 7.98. The van der Waals surface area contributed by atoms with Gasteiger partial charge in [0.2, 0.25) is 0 Å². The lowest BCUT2D eigenvalue weighted by Crippen LogP contribution is -2.14. The zero-order valence-corrected chi connectivity index (χ0v) is 24.0. The molecule has 0 unspecified atom stereocenters. The van der Waals surface area contributed by atoms with Crippen molar-refractivity contribution in [2.45, 2.75) is 19.3 Å². The second-order valence-electron chi connectivity index (χ2n) is 12.3. The summed E-state index contributed by atoms with van der Waals surface area (Å²) in [6, 6.07) is 42.6. The standard InChI is InChI=1S/C39H25ClN2/c1-39(2)31-17-11-22(19-30(31)25-14-13-24(40)21-32(25)39)23-12-18-35-36(20-23)42-34-10-6-4-8-27(34)29-16-15-28-26-7-3-5-9-33(26)41(35)37(28)38(29)42/h3-21H,1-2H3. The van der Waals surface area contributed by atoms with Gasteiger partial charge in [0.15, 0.2) is 0 Å². The van der Waals surface area contributed by atoms with Gasteiger partial charge < -0.3 is 8.80 Å². The van der Waals surface area contributed by atoms with Crippen LogP contribution in [0.25, 0.3) is 76.9 Å². The second kappa shape index (κ2) is 7.53. The fraction of sp³-hybridized carbons (Fsp3) is 0.0769. The highest BCUT2D eigenvalue weighted by molar-refractivity contribution is 6.30. The van der Waals surface area contributed by atoms with Gasteiger partial charge in [0.05, 0.1) is 33.1 Å². The minimum atomic E-state index is -0.0792. The molecule has 3 heterocycles. The molecule has 3 aromatic heterocycles. The van der Waals surface area contributed by atoms with E-state index >= 15 is 0 Å². The average Bonchev–Trinajstić information content (AvgIpc) is 3.61. The van der Waals surface area contributed by atoms with Crippen molar-refractivity contribution >= 4 is 66.2 Å². The van der Waals surface area contributed by atoms with E-state index in [1.807, 2.05) is 6.07 Å². The van der Waals surface area contributed by atoms with Gasteiger partial charge in [0, 0.05) is 32.0 Å². The van der Waals surface area contributed by atoms with Crippen LogP contribution in [0, 0.1) is 0 Å². The first-order valence-electron chi connectivity index (χ1n) is 14.6. The van der Waals surface area contributed by atoms with Gasteiger partial charge in [-0.05, 0) is 75.8 Å². The zero-order chi connectivity index (χ0) is 27.9. The molecule has 198 valence electrons. The number of benzene rings is 6. The molecule has 1 aliphatic carbocycles. The summed E-state index contributed by atoms with van der Waals surface area (Å²) in [5.74, 6) is 0. The summed E-state index contributed by atoms with van der Waals surface area (Å²) in [5.41, 5.74) is 15.1. The largest absolute Gasteiger partial charge is 0.305 e. The summed E-state index contributed by atoms with van der Waals surface area (Å²) in [5, 5.41) is 5.98. The lowest BCUT2D eigenvalue weighted by Gasteiger charge is -2.21. The molecule has 3 heteroatoms. The number of hydrogen-bond donors (Lipinski definition) is 0. The molecule has 0 aliphatic heterocycles. The molecule has 10 rings (SSSR count). The fourth-order valence-corrected chi connectivity index (χ4v) is 8.15. The van der Waals surface area contributed by atoms with Crippen LogP contribution in [0.2, 0.25) is 5.02 Å². The summed E-state index contributed by atoms with van der Waals surface area (Å²) >= 11 is 6.44. The highest BCUT2D eigenvalue weighted by Gasteiger charge is 2.35. The number of halogens is 1. The highest BCUT2D eigenvalue weighted by Crippen LogP contribution is 2.50. The van der Waals surface area contributed by atoms with Gasteiger partial charge in [-0.3, -0.25) is 0 Å². The molecule has 0 saturated heterocycles. The van der Waals surface area contributed by atoms with Crippen molar-refractivity contribution in [3.05, 3.63) is 131 Å². The molecule has 0 fully saturated rings. The van der Waals surface area contributed by atoms with Gasteiger partial charge in [-0.1, -0.05) is 98.2 Å². The van der Waals surface area contributed by atoms with Crippen LogP contribution in [0.5, 0.6) is 0 Å². The molecule has 0 N–H and O–H groups in total. The van der Waals surface area contributed by atoms with Crippen LogP contribution in [-0.2, 0) is 5.41 Å². The van der Waals surface area contributed by atoms with Crippen molar-refractivity contribution in [1.29, 1.82) is 0 Å². The van der Waals surface area contributed by atoms with Crippen LogP contribution in [0.1, 0.15) is 25.0 Å². The Morgan fingerprint density at radius 3 is 1.81 bits per heavy atom. The lowest BCUT2D eigenvalue weighted by atomic mass is 9.82. The SMILES string of the molecule is CC1(C)c2ccc(-c3ccc4c(c3)n3c5ccccc5c5ccc6c7ccccc7n4c6c53)cc2-c2ccc(Cl)cc21. The third-order valence-electron chi connectivity index (χ3n) is 9.90. The first-order chi connectivity index (χ1) is 20.5. The number of rotatable bonds is 1. The Hall–Kier alpha value is -4.79. The second-order valence-corrected chi connectivity index (χ2v) is 12.8. The predicted octanol–water partition coefficient (Wildman–Crippen LogP) is 10.9. The first kappa shape index (κ1) is 22.8. The Balaban J connectivity index is 1.33. The third kappa shape index (κ3) is 2.63. The number of nitrogens with zero attached hydrogens (tertiary/aromatic N) is 2. The quantitative estimate of drug-likeness (QED) is 0.178. The lowest BCUT2D eigenvalue weighted by molar-refractivity contribution is 0.660. The van der Waals surface area contributed by atoms with E-state index in [0.29, 0.717) is 0 Å². The van der Waals surface area contributed by atoms with Crippen molar-refractivity contribution in [2.75, 3.05) is 0 Å². The first-order valence-corrected chi connectivity index (χ1v) is 14.9. The van der Waals surface area contributed by atoms with E-state index in [-0.39, 0.29) is 5.41 Å². The van der Waals surface area contributed by atoms with Crippen LogP contribution in [-0.4, -0.2) is 8.80 Å². The summed E-state index contributed by atoms with van der Waals surface area (Å²) in [6.07, 6.45) is 0.